The van der Waals surface area contributed by atoms with Gasteiger partial charge in [-0.15, -0.1) is 12.4 Å². The quantitative estimate of drug-likeness (QED) is 0.575. The van der Waals surface area contributed by atoms with Crippen molar-refractivity contribution >= 4 is 24.5 Å². The van der Waals surface area contributed by atoms with Crippen molar-refractivity contribution in [3.05, 3.63) is 0 Å². The van der Waals surface area contributed by atoms with E-state index < -0.39 is 17.5 Å². The number of nitrogens with two attached hydrogens (primary N) is 1. The number of hydrogen-bond acceptors (Lipinski definition) is 5. The van der Waals surface area contributed by atoms with Crippen molar-refractivity contribution in [2.45, 2.75) is 20.8 Å². The highest BCUT2D eigenvalue weighted by molar-refractivity contribution is 5.86. The number of rotatable bonds is 3. The number of hydrogen-bond donors (Lipinski definition) is 1. The van der Waals surface area contributed by atoms with Crippen molar-refractivity contribution < 1.29 is 19.1 Å². The lowest BCUT2D eigenvalue weighted by atomic mass is 9.94. The molecule has 2 N–H and O–H groups in total. The van der Waals surface area contributed by atoms with Gasteiger partial charge in [-0.3, -0.25) is 4.79 Å². The van der Waals surface area contributed by atoms with Crippen molar-refractivity contribution in [3.8, 4) is 0 Å². The van der Waals surface area contributed by atoms with Crippen molar-refractivity contribution in [1.29, 1.82) is 0 Å². The van der Waals surface area contributed by atoms with E-state index in [9.17, 15) is 9.59 Å². The van der Waals surface area contributed by atoms with Crippen LogP contribution in [-0.2, 0) is 14.3 Å². The van der Waals surface area contributed by atoms with Gasteiger partial charge in [-0.25, -0.2) is 4.79 Å². The Labute approximate surface area is 89.3 Å². The Morgan fingerprint density at radius 2 is 1.86 bits per heavy atom. The molecule has 0 aromatic rings. The van der Waals surface area contributed by atoms with Gasteiger partial charge < -0.3 is 15.2 Å². The van der Waals surface area contributed by atoms with Crippen LogP contribution in [-0.4, -0.2) is 25.3 Å². The minimum Gasteiger partial charge on any atom is -0.434 e. The largest absolute Gasteiger partial charge is 0.516 e. The van der Waals surface area contributed by atoms with Gasteiger partial charge in [-0.1, -0.05) is 0 Å². The molecule has 0 saturated heterocycles. The summed E-state index contributed by atoms with van der Waals surface area (Å²) in [5, 5.41) is 0. The van der Waals surface area contributed by atoms with Gasteiger partial charge in [0.2, 0.25) is 0 Å². The molecule has 0 bridgehead atoms. The summed E-state index contributed by atoms with van der Waals surface area (Å²) in [6, 6.07) is 0. The summed E-state index contributed by atoms with van der Waals surface area (Å²) in [6.07, 6.45) is -0.978. The first kappa shape index (κ1) is 15.7. The lowest BCUT2D eigenvalue weighted by Gasteiger charge is -2.18. The van der Waals surface area contributed by atoms with E-state index >= 15 is 0 Å². The summed E-state index contributed by atoms with van der Waals surface area (Å²) in [6.45, 7) is 5.10. The highest BCUT2D eigenvalue weighted by atomic mass is 35.5. The van der Waals surface area contributed by atoms with Gasteiger partial charge in [0, 0.05) is 6.54 Å². The molecule has 84 valence electrons. The fourth-order valence-electron chi connectivity index (χ4n) is 0.444. The van der Waals surface area contributed by atoms with E-state index in [1.165, 1.54) is 0 Å². The first-order valence-electron chi connectivity index (χ1n) is 4.03. The molecule has 0 amide bonds. The standard InChI is InChI=1S/C8H15NO4.ClH/c1-4-12-7(11)13-6(10)8(2,3)5-9;/h4-5,9H2,1-3H3;1H. The first-order valence-corrected chi connectivity index (χ1v) is 4.03. The normalized spacial score (nSPS) is 10.0. The molecule has 0 aromatic heterocycles. The molecular weight excluding hydrogens is 210 g/mol. The van der Waals surface area contributed by atoms with Crippen LogP contribution < -0.4 is 5.73 Å². The number of carbonyl (C=O) groups excluding carboxylic acids is 2. The minimum absolute atomic E-state index is 0. The molecule has 0 heterocycles. The van der Waals surface area contributed by atoms with E-state index in [1.54, 1.807) is 20.8 Å². The summed E-state index contributed by atoms with van der Waals surface area (Å²) in [5.74, 6) is -0.673. The Kier molecular flexibility index (Phi) is 7.40. The van der Waals surface area contributed by atoms with Gasteiger partial charge in [0.15, 0.2) is 0 Å². The van der Waals surface area contributed by atoms with Gasteiger partial charge in [-0.05, 0) is 20.8 Å². The summed E-state index contributed by atoms with van der Waals surface area (Å²) < 4.78 is 8.80. The van der Waals surface area contributed by atoms with Crippen LogP contribution in [0.5, 0.6) is 0 Å². The third-order valence-corrected chi connectivity index (χ3v) is 1.50. The topological polar surface area (TPSA) is 78.6 Å². The molecule has 0 radical (unpaired) electrons. The van der Waals surface area contributed by atoms with Crippen LogP contribution in [0.4, 0.5) is 4.79 Å². The zero-order valence-corrected chi connectivity index (χ0v) is 9.35. The van der Waals surface area contributed by atoms with Crippen LogP contribution in [0.25, 0.3) is 0 Å². The van der Waals surface area contributed by atoms with Crippen LogP contribution in [0.2, 0.25) is 0 Å². The molecule has 0 fully saturated rings. The third kappa shape index (κ3) is 5.04. The van der Waals surface area contributed by atoms with Crippen LogP contribution in [0.15, 0.2) is 0 Å². The van der Waals surface area contributed by atoms with Crippen LogP contribution in [0.1, 0.15) is 20.8 Å². The maximum atomic E-state index is 11.2. The van der Waals surface area contributed by atoms with Gasteiger partial charge in [0.1, 0.15) is 0 Å². The first-order chi connectivity index (χ1) is 5.94. The number of carbonyl (C=O) groups is 2. The van der Waals surface area contributed by atoms with Crippen LogP contribution >= 0.6 is 12.4 Å². The smallest absolute Gasteiger partial charge is 0.434 e. The summed E-state index contributed by atoms with van der Waals surface area (Å²) in [7, 11) is 0. The van der Waals surface area contributed by atoms with Crippen LogP contribution in [0, 0.1) is 5.41 Å². The molecule has 0 aliphatic carbocycles. The monoisotopic (exact) mass is 225 g/mol. The number of esters is 1. The maximum absolute atomic E-state index is 11.2. The molecule has 0 saturated carbocycles. The highest BCUT2D eigenvalue weighted by Gasteiger charge is 2.30. The van der Waals surface area contributed by atoms with Gasteiger partial charge in [0.05, 0.1) is 12.0 Å². The molecule has 0 atom stereocenters. The van der Waals surface area contributed by atoms with Crippen molar-refractivity contribution in [3.63, 3.8) is 0 Å². The Morgan fingerprint density at radius 1 is 1.36 bits per heavy atom. The number of halogens is 1. The van der Waals surface area contributed by atoms with E-state index in [1.807, 2.05) is 0 Å². The Balaban J connectivity index is 0. The summed E-state index contributed by atoms with van der Waals surface area (Å²) in [4.78, 5) is 21.9. The highest BCUT2D eigenvalue weighted by Crippen LogP contribution is 2.14. The van der Waals surface area contributed by atoms with Crippen molar-refractivity contribution in [1.82, 2.24) is 0 Å². The zero-order chi connectivity index (χ0) is 10.5. The van der Waals surface area contributed by atoms with Crippen molar-refractivity contribution in [2.24, 2.45) is 11.1 Å². The molecule has 0 spiro atoms. The molecular formula is C8H16ClNO4. The SMILES string of the molecule is CCOC(=O)OC(=O)C(C)(C)CN.Cl. The van der Waals surface area contributed by atoms with Gasteiger partial charge in [-0.2, -0.15) is 0 Å². The fraction of sp³-hybridized carbons (Fsp3) is 0.750. The second-order valence-electron chi connectivity index (χ2n) is 3.16. The Hall–Kier alpha value is -0.810. The lowest BCUT2D eigenvalue weighted by Crippen LogP contribution is -2.35. The molecule has 0 aliphatic heterocycles. The summed E-state index contributed by atoms with van der Waals surface area (Å²) >= 11 is 0. The molecule has 5 nitrogen and oxygen atoms in total. The van der Waals surface area contributed by atoms with E-state index in [2.05, 4.69) is 9.47 Å². The summed E-state index contributed by atoms with van der Waals surface area (Å²) in [5.41, 5.74) is 4.45. The van der Waals surface area contributed by atoms with Crippen LogP contribution in [0.3, 0.4) is 0 Å². The van der Waals surface area contributed by atoms with Crippen molar-refractivity contribution in [2.75, 3.05) is 13.2 Å². The second kappa shape index (κ2) is 6.62. The van der Waals surface area contributed by atoms with E-state index in [0.29, 0.717) is 0 Å². The maximum Gasteiger partial charge on any atom is 0.516 e. The van der Waals surface area contributed by atoms with E-state index in [4.69, 9.17) is 5.73 Å². The molecule has 0 unspecified atom stereocenters. The third-order valence-electron chi connectivity index (χ3n) is 1.50. The molecule has 14 heavy (non-hydrogen) atoms. The predicted octanol–water partition coefficient (Wildman–Crippen LogP) is 1.09. The second-order valence-corrected chi connectivity index (χ2v) is 3.16. The predicted molar refractivity (Wildman–Crippen MR) is 53.2 cm³/mol. The van der Waals surface area contributed by atoms with Gasteiger partial charge in [0.25, 0.3) is 0 Å². The van der Waals surface area contributed by atoms with E-state index in [-0.39, 0.29) is 25.6 Å². The average molecular weight is 226 g/mol. The fourth-order valence-corrected chi connectivity index (χ4v) is 0.444. The molecule has 0 rings (SSSR count). The zero-order valence-electron chi connectivity index (χ0n) is 8.53. The van der Waals surface area contributed by atoms with Gasteiger partial charge >= 0.3 is 12.1 Å². The minimum atomic E-state index is -0.978. The Bertz CT molecular complexity index is 206. The Morgan fingerprint density at radius 3 is 2.21 bits per heavy atom. The average Bonchev–Trinajstić information content (AvgIpc) is 2.04. The lowest BCUT2D eigenvalue weighted by molar-refractivity contribution is -0.149. The molecule has 0 aromatic carbocycles. The van der Waals surface area contributed by atoms with E-state index in [0.717, 1.165) is 0 Å². The molecule has 6 heteroatoms. The molecule has 0 aliphatic rings. The number of ether oxygens (including phenoxy) is 2.